The minimum atomic E-state index is -0.457. The number of aromatic nitrogens is 1. The minimum absolute atomic E-state index is 0.0175. The van der Waals surface area contributed by atoms with Crippen LogP contribution in [-0.2, 0) is 0 Å². The van der Waals surface area contributed by atoms with Crippen LogP contribution in [0.5, 0.6) is 11.5 Å². The molecule has 0 saturated carbocycles. The molecule has 0 bridgehead atoms. The zero-order valence-corrected chi connectivity index (χ0v) is 9.68. The van der Waals surface area contributed by atoms with Crippen molar-refractivity contribution < 1.29 is 10.2 Å². The van der Waals surface area contributed by atoms with Crippen molar-refractivity contribution in [3.05, 3.63) is 57.0 Å². The van der Waals surface area contributed by atoms with E-state index < -0.39 is 11.0 Å². The van der Waals surface area contributed by atoms with Crippen molar-refractivity contribution in [1.29, 1.82) is 0 Å². The van der Waals surface area contributed by atoms with E-state index in [0.717, 1.165) is 6.07 Å². The van der Waals surface area contributed by atoms with E-state index in [9.17, 15) is 19.8 Å². The van der Waals surface area contributed by atoms with E-state index in [4.69, 9.17) is 0 Å². The molecular formula is C14H9NO4. The number of phenols is 2. The Morgan fingerprint density at radius 2 is 1.63 bits per heavy atom. The summed E-state index contributed by atoms with van der Waals surface area (Å²) in [6.07, 6.45) is 0. The molecule has 5 heteroatoms. The van der Waals surface area contributed by atoms with Gasteiger partial charge in [-0.1, -0.05) is 18.2 Å². The van der Waals surface area contributed by atoms with Crippen LogP contribution in [0.1, 0.15) is 0 Å². The lowest BCUT2D eigenvalue weighted by Crippen LogP contribution is -2.02. The summed E-state index contributed by atoms with van der Waals surface area (Å²) in [7, 11) is 0. The highest BCUT2D eigenvalue weighted by Crippen LogP contribution is 2.25. The molecule has 0 aliphatic carbocycles. The fourth-order valence-electron chi connectivity index (χ4n) is 2.15. The Labute approximate surface area is 106 Å². The second kappa shape index (κ2) is 3.84. The first kappa shape index (κ1) is 11.3. The normalized spacial score (nSPS) is 10.9. The van der Waals surface area contributed by atoms with Crippen LogP contribution in [0.3, 0.4) is 0 Å². The highest BCUT2D eigenvalue weighted by molar-refractivity contribution is 5.94. The predicted molar refractivity (Wildman–Crippen MR) is 71.7 cm³/mol. The number of benzene rings is 2. The molecule has 0 saturated heterocycles. The van der Waals surface area contributed by atoms with Gasteiger partial charge in [-0.05, 0) is 6.07 Å². The van der Waals surface area contributed by atoms with E-state index in [1.807, 2.05) is 0 Å². The molecule has 0 fully saturated rings. The van der Waals surface area contributed by atoms with Gasteiger partial charge in [0.15, 0.2) is 5.43 Å². The molecule has 0 radical (unpaired) electrons. The maximum absolute atomic E-state index is 12.4. The molecule has 1 heterocycles. The van der Waals surface area contributed by atoms with Gasteiger partial charge in [-0.25, -0.2) is 0 Å². The van der Waals surface area contributed by atoms with Crippen LogP contribution in [0.15, 0.2) is 46.0 Å². The lowest BCUT2D eigenvalue weighted by Gasteiger charge is -1.97. The Hall–Kier alpha value is -2.82. The number of hydrogen-bond acceptors (Lipinski definition) is 4. The van der Waals surface area contributed by atoms with Gasteiger partial charge in [-0.3, -0.25) is 9.59 Å². The van der Waals surface area contributed by atoms with Gasteiger partial charge in [0.2, 0.25) is 0 Å². The van der Waals surface area contributed by atoms with Gasteiger partial charge in [0, 0.05) is 17.5 Å². The number of phenolic OH excluding ortho intramolecular Hbond substituents is 2. The molecule has 2 aromatic carbocycles. The number of rotatable bonds is 0. The molecular weight excluding hydrogens is 246 g/mol. The van der Waals surface area contributed by atoms with Crippen LogP contribution >= 0.6 is 0 Å². The lowest BCUT2D eigenvalue weighted by molar-refractivity contribution is 0.455. The second-order valence-corrected chi connectivity index (χ2v) is 4.22. The number of nitrogens with one attached hydrogen (secondary N) is 1. The predicted octanol–water partition coefficient (Wildman–Crippen LogP) is 1.45. The zero-order valence-electron chi connectivity index (χ0n) is 9.68. The average molecular weight is 255 g/mol. The molecule has 3 rings (SSSR count). The summed E-state index contributed by atoms with van der Waals surface area (Å²) in [5.74, 6) is -0.590. The maximum atomic E-state index is 12.4. The summed E-state index contributed by atoms with van der Waals surface area (Å²) in [5.41, 5.74) is -0.808. The van der Waals surface area contributed by atoms with Crippen molar-refractivity contribution in [3.63, 3.8) is 0 Å². The van der Waals surface area contributed by atoms with E-state index in [-0.39, 0.29) is 33.2 Å². The van der Waals surface area contributed by atoms with Crippen LogP contribution in [-0.4, -0.2) is 15.2 Å². The molecule has 0 atom stereocenters. The Kier molecular flexibility index (Phi) is 2.28. The largest absolute Gasteiger partial charge is 0.508 e. The van der Waals surface area contributed by atoms with E-state index in [1.54, 1.807) is 12.1 Å². The lowest BCUT2D eigenvalue weighted by atomic mass is 10.1. The molecule has 1 aromatic heterocycles. The van der Waals surface area contributed by atoms with E-state index in [0.29, 0.717) is 0 Å². The molecule has 3 aromatic rings. The van der Waals surface area contributed by atoms with Gasteiger partial charge in [0.05, 0.1) is 16.3 Å². The summed E-state index contributed by atoms with van der Waals surface area (Å²) in [4.78, 5) is 26.9. The molecule has 5 nitrogen and oxygen atoms in total. The molecule has 3 N–H and O–H groups in total. The van der Waals surface area contributed by atoms with Gasteiger partial charge in [-0.2, -0.15) is 0 Å². The summed E-state index contributed by atoms with van der Waals surface area (Å²) < 4.78 is 0. The fourth-order valence-corrected chi connectivity index (χ4v) is 2.15. The van der Waals surface area contributed by atoms with Crippen LogP contribution < -0.4 is 11.0 Å². The van der Waals surface area contributed by atoms with E-state index in [1.165, 1.54) is 18.2 Å². The Morgan fingerprint density at radius 3 is 2.37 bits per heavy atom. The summed E-state index contributed by atoms with van der Waals surface area (Å²) >= 11 is 0. The van der Waals surface area contributed by atoms with E-state index in [2.05, 4.69) is 4.98 Å². The van der Waals surface area contributed by atoms with Crippen molar-refractivity contribution in [3.8, 4) is 11.5 Å². The Balaban J connectivity index is 2.77. The highest BCUT2D eigenvalue weighted by Gasteiger charge is 2.10. The van der Waals surface area contributed by atoms with Crippen LogP contribution in [0.25, 0.3) is 21.7 Å². The third-order valence-corrected chi connectivity index (χ3v) is 2.99. The first-order valence-electron chi connectivity index (χ1n) is 5.59. The van der Waals surface area contributed by atoms with Crippen LogP contribution in [0.2, 0.25) is 0 Å². The first-order chi connectivity index (χ1) is 9.08. The van der Waals surface area contributed by atoms with Gasteiger partial charge in [-0.15, -0.1) is 0 Å². The van der Waals surface area contributed by atoms with Gasteiger partial charge in [0.1, 0.15) is 11.5 Å². The van der Waals surface area contributed by atoms with Crippen LogP contribution in [0.4, 0.5) is 0 Å². The van der Waals surface area contributed by atoms with Crippen molar-refractivity contribution in [2.24, 2.45) is 0 Å². The molecule has 0 spiro atoms. The van der Waals surface area contributed by atoms with Crippen molar-refractivity contribution >= 4 is 21.7 Å². The second-order valence-electron chi connectivity index (χ2n) is 4.22. The number of hydrogen-bond donors (Lipinski definition) is 3. The average Bonchev–Trinajstić information content (AvgIpc) is 2.46. The highest BCUT2D eigenvalue weighted by atomic mass is 16.3. The maximum Gasteiger partial charge on any atom is 0.256 e. The molecule has 0 amide bonds. The molecule has 19 heavy (non-hydrogen) atoms. The first-order valence-corrected chi connectivity index (χ1v) is 5.59. The Bertz CT molecular complexity index is 928. The van der Waals surface area contributed by atoms with Gasteiger partial charge >= 0.3 is 0 Å². The van der Waals surface area contributed by atoms with E-state index >= 15 is 0 Å². The topological polar surface area (TPSA) is 90.4 Å². The molecule has 0 aliphatic rings. The summed E-state index contributed by atoms with van der Waals surface area (Å²) in [6.45, 7) is 0. The van der Waals surface area contributed by atoms with Crippen molar-refractivity contribution in [1.82, 2.24) is 4.98 Å². The SMILES string of the molecule is O=c1[nH]c2cc(O)cc(O)c2c(=O)c2ccccc12. The smallest absolute Gasteiger partial charge is 0.256 e. The quantitative estimate of drug-likeness (QED) is 0.567. The van der Waals surface area contributed by atoms with Crippen LogP contribution in [0, 0.1) is 0 Å². The van der Waals surface area contributed by atoms with Gasteiger partial charge < -0.3 is 15.2 Å². The minimum Gasteiger partial charge on any atom is -0.508 e. The zero-order chi connectivity index (χ0) is 13.6. The molecule has 94 valence electrons. The van der Waals surface area contributed by atoms with Gasteiger partial charge in [0.25, 0.3) is 5.56 Å². The fraction of sp³-hybridized carbons (Fsp3) is 0. The number of fused-ring (bicyclic) bond motifs is 2. The number of aromatic amines is 1. The molecule has 0 unspecified atom stereocenters. The Morgan fingerprint density at radius 1 is 0.947 bits per heavy atom. The summed E-state index contributed by atoms with van der Waals surface area (Å²) in [6, 6.07) is 8.66. The third-order valence-electron chi connectivity index (χ3n) is 2.99. The van der Waals surface area contributed by atoms with Crippen molar-refractivity contribution in [2.75, 3.05) is 0 Å². The summed E-state index contributed by atoms with van der Waals surface area (Å²) in [5, 5.41) is 19.7. The number of aromatic hydroxyl groups is 2. The third kappa shape index (κ3) is 1.63. The standard InChI is InChI=1S/C14H9NO4/c16-7-5-10-12(11(17)6-7)13(18)8-3-1-2-4-9(8)14(19)15-10/h1-6,16-17H,(H,15,19). The van der Waals surface area contributed by atoms with Crippen molar-refractivity contribution in [2.45, 2.75) is 0 Å². The molecule has 0 aliphatic heterocycles. The number of H-pyrrole nitrogens is 1. The monoisotopic (exact) mass is 255 g/mol.